The van der Waals surface area contributed by atoms with Gasteiger partial charge in [-0.15, -0.1) is 0 Å². The Morgan fingerprint density at radius 2 is 2.13 bits per heavy atom. The lowest BCUT2D eigenvalue weighted by Gasteiger charge is -2.26. The predicted molar refractivity (Wildman–Crippen MR) is 82.5 cm³/mol. The van der Waals surface area contributed by atoms with Crippen molar-refractivity contribution < 1.29 is 18.0 Å². The van der Waals surface area contributed by atoms with Gasteiger partial charge < -0.3 is 10.3 Å². The Morgan fingerprint density at radius 3 is 2.74 bits per heavy atom. The smallest absolute Gasteiger partial charge is 0.361 e. The van der Waals surface area contributed by atoms with Crippen LogP contribution in [-0.4, -0.2) is 23.9 Å². The molecule has 2 aromatic rings. The fourth-order valence-corrected chi connectivity index (χ4v) is 3.58. The first kappa shape index (κ1) is 16.1. The van der Waals surface area contributed by atoms with E-state index < -0.39 is 17.2 Å². The third-order valence-electron chi connectivity index (χ3n) is 4.68. The Labute approximate surface area is 132 Å². The molecule has 3 rings (SSSR count). The third kappa shape index (κ3) is 2.76. The molecule has 1 atom stereocenters. The standard InChI is InChI=1S/C17H19F3N2O/c1-2-4-16(5-7-21-10-16)15(23)12-8-11-3-6-22-14(11)13(9-12)17(18,19)20/h3,6,8-9,21-22H,2,4-5,7,10H2,1H3. The lowest BCUT2D eigenvalue weighted by molar-refractivity contribution is -0.136. The maximum atomic E-state index is 13.3. The minimum Gasteiger partial charge on any atom is -0.361 e. The number of Topliss-reactive ketones (excluding diaryl/α,β-unsaturated/α-hetero) is 1. The van der Waals surface area contributed by atoms with Gasteiger partial charge in [0, 0.05) is 29.1 Å². The summed E-state index contributed by atoms with van der Waals surface area (Å²) in [7, 11) is 0. The van der Waals surface area contributed by atoms with E-state index in [4.69, 9.17) is 0 Å². The summed E-state index contributed by atoms with van der Waals surface area (Å²) in [5, 5.41) is 3.59. The molecular formula is C17H19F3N2O. The summed E-state index contributed by atoms with van der Waals surface area (Å²) in [5.41, 5.74) is -1.17. The highest BCUT2D eigenvalue weighted by Gasteiger charge is 2.42. The minimum atomic E-state index is -4.49. The van der Waals surface area contributed by atoms with Crippen molar-refractivity contribution in [2.45, 2.75) is 32.4 Å². The summed E-state index contributed by atoms with van der Waals surface area (Å²) >= 11 is 0. The van der Waals surface area contributed by atoms with Crippen molar-refractivity contribution in [2.24, 2.45) is 5.41 Å². The largest absolute Gasteiger partial charge is 0.418 e. The number of hydrogen-bond acceptors (Lipinski definition) is 2. The highest BCUT2D eigenvalue weighted by atomic mass is 19.4. The van der Waals surface area contributed by atoms with Crippen molar-refractivity contribution in [2.75, 3.05) is 13.1 Å². The zero-order valence-corrected chi connectivity index (χ0v) is 12.9. The summed E-state index contributed by atoms with van der Waals surface area (Å²) in [5.74, 6) is -0.182. The van der Waals surface area contributed by atoms with E-state index in [1.54, 1.807) is 12.1 Å². The van der Waals surface area contributed by atoms with Crippen LogP contribution in [0.25, 0.3) is 10.9 Å². The van der Waals surface area contributed by atoms with Gasteiger partial charge in [-0.05, 0) is 37.6 Å². The molecule has 23 heavy (non-hydrogen) atoms. The molecule has 0 radical (unpaired) electrons. The number of nitrogens with one attached hydrogen (secondary N) is 2. The van der Waals surface area contributed by atoms with Gasteiger partial charge in [-0.2, -0.15) is 13.2 Å². The molecular weight excluding hydrogens is 305 g/mol. The number of ketones is 1. The van der Waals surface area contributed by atoms with Crippen molar-refractivity contribution in [3.63, 3.8) is 0 Å². The van der Waals surface area contributed by atoms with Crippen LogP contribution < -0.4 is 5.32 Å². The van der Waals surface area contributed by atoms with Crippen LogP contribution in [0.4, 0.5) is 13.2 Å². The second kappa shape index (κ2) is 5.67. The average molecular weight is 324 g/mol. The van der Waals surface area contributed by atoms with Crippen LogP contribution >= 0.6 is 0 Å². The molecule has 124 valence electrons. The molecule has 1 unspecified atom stereocenters. The fourth-order valence-electron chi connectivity index (χ4n) is 3.58. The Bertz CT molecular complexity index is 727. The number of fused-ring (bicyclic) bond motifs is 1. The van der Waals surface area contributed by atoms with Crippen molar-refractivity contribution in [1.29, 1.82) is 0 Å². The predicted octanol–water partition coefficient (Wildman–Crippen LogP) is 4.15. The quantitative estimate of drug-likeness (QED) is 0.830. The van der Waals surface area contributed by atoms with Gasteiger partial charge in [-0.25, -0.2) is 0 Å². The highest BCUT2D eigenvalue weighted by Crippen LogP contribution is 2.39. The first-order chi connectivity index (χ1) is 10.9. The zero-order valence-electron chi connectivity index (χ0n) is 12.9. The lowest BCUT2D eigenvalue weighted by atomic mass is 9.75. The van der Waals surface area contributed by atoms with Crippen molar-refractivity contribution in [3.05, 3.63) is 35.5 Å². The van der Waals surface area contributed by atoms with E-state index in [2.05, 4.69) is 10.3 Å². The number of aromatic nitrogens is 1. The monoisotopic (exact) mass is 324 g/mol. The Hall–Kier alpha value is -1.82. The number of H-pyrrole nitrogens is 1. The number of carbonyl (C=O) groups excluding carboxylic acids is 1. The number of alkyl halides is 3. The average Bonchev–Trinajstić information content (AvgIpc) is 3.13. The molecule has 3 nitrogen and oxygen atoms in total. The van der Waals surface area contributed by atoms with Crippen LogP contribution in [0.3, 0.4) is 0 Å². The van der Waals surface area contributed by atoms with Crippen LogP contribution in [0.15, 0.2) is 24.4 Å². The summed E-state index contributed by atoms with van der Waals surface area (Å²) in [6.45, 7) is 3.25. The third-order valence-corrected chi connectivity index (χ3v) is 4.68. The van der Waals surface area contributed by atoms with E-state index in [9.17, 15) is 18.0 Å². The van der Waals surface area contributed by atoms with Gasteiger partial charge in [0.2, 0.25) is 0 Å². The maximum absolute atomic E-state index is 13.3. The molecule has 1 aromatic heterocycles. The molecule has 1 fully saturated rings. The number of hydrogen-bond donors (Lipinski definition) is 2. The topological polar surface area (TPSA) is 44.9 Å². The van der Waals surface area contributed by atoms with Gasteiger partial charge in [0.05, 0.1) is 11.1 Å². The number of benzene rings is 1. The molecule has 2 heterocycles. The van der Waals surface area contributed by atoms with E-state index in [0.29, 0.717) is 24.8 Å². The second-order valence-electron chi connectivity index (χ2n) is 6.25. The van der Waals surface area contributed by atoms with Crippen LogP contribution in [-0.2, 0) is 6.18 Å². The highest BCUT2D eigenvalue weighted by molar-refractivity contribution is 6.04. The zero-order chi connectivity index (χ0) is 16.7. The van der Waals surface area contributed by atoms with Crippen molar-refractivity contribution in [1.82, 2.24) is 10.3 Å². The Kier molecular flexibility index (Phi) is 3.96. The molecule has 1 aromatic carbocycles. The minimum absolute atomic E-state index is 0.0307. The molecule has 1 aliphatic rings. The van der Waals surface area contributed by atoms with Gasteiger partial charge in [0.15, 0.2) is 5.78 Å². The Morgan fingerprint density at radius 1 is 1.35 bits per heavy atom. The van der Waals surface area contributed by atoms with Gasteiger partial charge >= 0.3 is 6.18 Å². The van der Waals surface area contributed by atoms with E-state index in [1.165, 1.54) is 6.20 Å². The number of carbonyl (C=O) groups is 1. The summed E-state index contributed by atoms with van der Waals surface area (Å²) < 4.78 is 39.9. The van der Waals surface area contributed by atoms with Crippen molar-refractivity contribution in [3.8, 4) is 0 Å². The van der Waals surface area contributed by atoms with Gasteiger partial charge in [0.1, 0.15) is 0 Å². The fraction of sp³-hybridized carbons (Fsp3) is 0.471. The van der Waals surface area contributed by atoms with Gasteiger partial charge in [-0.1, -0.05) is 13.3 Å². The molecule has 1 aliphatic heterocycles. The summed E-state index contributed by atoms with van der Waals surface area (Å²) in [6.07, 6.45) is -0.845. The van der Waals surface area contributed by atoms with E-state index in [0.717, 1.165) is 19.0 Å². The molecule has 0 spiro atoms. The van der Waals surface area contributed by atoms with Gasteiger partial charge in [0.25, 0.3) is 0 Å². The van der Waals surface area contributed by atoms with E-state index >= 15 is 0 Å². The maximum Gasteiger partial charge on any atom is 0.418 e. The van der Waals surface area contributed by atoms with Crippen LogP contribution in [0, 0.1) is 5.41 Å². The van der Waals surface area contributed by atoms with Crippen LogP contribution in [0.5, 0.6) is 0 Å². The number of aromatic amines is 1. The van der Waals surface area contributed by atoms with Crippen LogP contribution in [0.2, 0.25) is 0 Å². The second-order valence-corrected chi connectivity index (χ2v) is 6.25. The molecule has 0 amide bonds. The molecule has 1 saturated heterocycles. The Balaban J connectivity index is 2.10. The first-order valence-electron chi connectivity index (χ1n) is 7.81. The van der Waals surface area contributed by atoms with Crippen molar-refractivity contribution >= 4 is 16.7 Å². The summed E-state index contributed by atoms with van der Waals surface area (Å²) in [4.78, 5) is 15.6. The first-order valence-corrected chi connectivity index (χ1v) is 7.81. The number of rotatable bonds is 4. The SMILES string of the molecule is CCCC1(C(=O)c2cc(C(F)(F)F)c3[nH]ccc3c2)CCNC1. The molecule has 2 N–H and O–H groups in total. The van der Waals surface area contributed by atoms with Crippen LogP contribution in [0.1, 0.15) is 42.1 Å². The molecule has 0 bridgehead atoms. The number of halogens is 3. The van der Waals surface area contributed by atoms with E-state index in [-0.39, 0.29) is 16.9 Å². The molecule has 6 heteroatoms. The van der Waals surface area contributed by atoms with E-state index in [1.807, 2.05) is 6.92 Å². The normalized spacial score (nSPS) is 21.9. The lowest BCUT2D eigenvalue weighted by Crippen LogP contribution is -2.33. The molecule has 0 saturated carbocycles. The van der Waals surface area contributed by atoms with Gasteiger partial charge in [-0.3, -0.25) is 4.79 Å². The summed E-state index contributed by atoms with van der Waals surface area (Å²) in [6, 6.07) is 4.14. The molecule has 0 aliphatic carbocycles.